The highest BCUT2D eigenvalue weighted by atomic mass is 16.5. The van der Waals surface area contributed by atoms with Crippen LogP contribution in [-0.4, -0.2) is 31.4 Å². The van der Waals surface area contributed by atoms with Crippen molar-refractivity contribution in [2.75, 3.05) is 14.2 Å². The predicted molar refractivity (Wildman–Crippen MR) is 65.5 cm³/mol. The molecule has 0 heterocycles. The van der Waals surface area contributed by atoms with Crippen molar-refractivity contribution < 1.29 is 24.2 Å². The number of aliphatic imine (C=N–C) groups is 1. The molecule has 1 aliphatic rings. The zero-order chi connectivity index (χ0) is 14.0. The fourth-order valence-corrected chi connectivity index (χ4v) is 2.08. The van der Waals surface area contributed by atoms with Gasteiger partial charge in [0.05, 0.1) is 19.8 Å². The van der Waals surface area contributed by atoms with Crippen molar-refractivity contribution >= 4 is 12.0 Å². The highest BCUT2D eigenvalue weighted by Gasteiger charge is 2.48. The summed E-state index contributed by atoms with van der Waals surface area (Å²) in [7, 11) is 2.89. The van der Waals surface area contributed by atoms with E-state index in [1.807, 2.05) is 0 Å². The Morgan fingerprint density at radius 3 is 2.47 bits per heavy atom. The van der Waals surface area contributed by atoms with Gasteiger partial charge in [0, 0.05) is 5.56 Å². The number of nitrogens with zero attached hydrogens (tertiary/aromatic N) is 1. The van der Waals surface area contributed by atoms with E-state index in [1.54, 1.807) is 0 Å². The number of hydrogen-bond acceptors (Lipinski definition) is 5. The second-order valence-corrected chi connectivity index (χ2v) is 4.30. The van der Waals surface area contributed by atoms with Gasteiger partial charge in [-0.2, -0.15) is 4.99 Å². The van der Waals surface area contributed by atoms with Gasteiger partial charge in [-0.1, -0.05) is 0 Å². The van der Waals surface area contributed by atoms with Crippen LogP contribution in [0.3, 0.4) is 0 Å². The lowest BCUT2D eigenvalue weighted by Crippen LogP contribution is -2.09. The predicted octanol–water partition coefficient (Wildman–Crippen LogP) is 1.73. The van der Waals surface area contributed by atoms with Crippen LogP contribution in [0.5, 0.6) is 11.5 Å². The van der Waals surface area contributed by atoms with E-state index in [0.29, 0.717) is 29.9 Å². The zero-order valence-electron chi connectivity index (χ0n) is 10.6. The van der Waals surface area contributed by atoms with Gasteiger partial charge in [0.1, 0.15) is 5.54 Å². The number of methoxy groups -OCH3 is 2. The number of aromatic carboxylic acids is 1. The summed E-state index contributed by atoms with van der Waals surface area (Å²) in [4.78, 5) is 25.4. The van der Waals surface area contributed by atoms with Gasteiger partial charge in [-0.15, -0.1) is 0 Å². The standard InChI is InChI=1S/C13H13NO5/c1-18-10-6-8(12(16)17)5-9(11(10)19-2)13(3-4-13)14-7-15/h5-6H,3-4H2,1-2H3,(H,16,17). The molecule has 0 spiro atoms. The fraction of sp³-hybridized carbons (Fsp3) is 0.385. The average Bonchev–Trinajstić information content (AvgIpc) is 3.18. The van der Waals surface area contributed by atoms with E-state index in [4.69, 9.17) is 14.6 Å². The molecule has 1 fully saturated rings. The lowest BCUT2D eigenvalue weighted by atomic mass is 10.00. The molecule has 100 valence electrons. The maximum Gasteiger partial charge on any atom is 0.335 e. The Morgan fingerprint density at radius 1 is 1.37 bits per heavy atom. The van der Waals surface area contributed by atoms with Crippen LogP contribution < -0.4 is 9.47 Å². The molecule has 0 aliphatic heterocycles. The molecule has 0 radical (unpaired) electrons. The number of carboxylic acids is 1. The van der Waals surface area contributed by atoms with Gasteiger partial charge in [0.15, 0.2) is 11.5 Å². The number of rotatable bonds is 5. The number of benzene rings is 1. The largest absolute Gasteiger partial charge is 0.493 e. The van der Waals surface area contributed by atoms with E-state index in [-0.39, 0.29) is 5.56 Å². The molecule has 0 aromatic heterocycles. The lowest BCUT2D eigenvalue weighted by Gasteiger charge is -2.17. The molecular weight excluding hydrogens is 250 g/mol. The summed E-state index contributed by atoms with van der Waals surface area (Å²) in [6, 6.07) is 2.85. The molecule has 1 aliphatic carbocycles. The van der Waals surface area contributed by atoms with Gasteiger partial charge < -0.3 is 14.6 Å². The topological polar surface area (TPSA) is 85.2 Å². The Morgan fingerprint density at radius 2 is 2.05 bits per heavy atom. The molecule has 0 saturated heterocycles. The molecule has 1 N–H and O–H groups in total. The van der Waals surface area contributed by atoms with Crippen LogP contribution in [0.25, 0.3) is 0 Å². The Labute approximate surface area is 109 Å². The van der Waals surface area contributed by atoms with Gasteiger partial charge in [-0.05, 0) is 25.0 Å². The molecule has 19 heavy (non-hydrogen) atoms. The number of ether oxygens (including phenoxy) is 2. The minimum atomic E-state index is -1.08. The van der Waals surface area contributed by atoms with Crippen LogP contribution >= 0.6 is 0 Å². The van der Waals surface area contributed by atoms with Crippen molar-refractivity contribution in [2.45, 2.75) is 18.4 Å². The summed E-state index contributed by atoms with van der Waals surface area (Å²) >= 11 is 0. The number of carbonyl (C=O) groups excluding carboxylic acids is 1. The molecule has 0 amide bonds. The highest BCUT2D eigenvalue weighted by molar-refractivity contribution is 5.89. The molecule has 6 nitrogen and oxygen atoms in total. The molecule has 0 unspecified atom stereocenters. The summed E-state index contributed by atoms with van der Waals surface area (Å²) in [5, 5.41) is 9.10. The summed E-state index contributed by atoms with van der Waals surface area (Å²) < 4.78 is 10.4. The summed E-state index contributed by atoms with van der Waals surface area (Å²) in [6.07, 6.45) is 2.85. The molecule has 1 aromatic carbocycles. The summed E-state index contributed by atoms with van der Waals surface area (Å²) in [5.74, 6) is -0.359. The van der Waals surface area contributed by atoms with E-state index < -0.39 is 11.5 Å². The van der Waals surface area contributed by atoms with Crippen LogP contribution in [0.4, 0.5) is 0 Å². The van der Waals surface area contributed by atoms with Crippen LogP contribution in [0.15, 0.2) is 17.1 Å². The zero-order valence-corrected chi connectivity index (χ0v) is 10.6. The SMILES string of the molecule is COc1cc(C(=O)O)cc(C2(N=C=O)CC2)c1OC. The highest BCUT2D eigenvalue weighted by Crippen LogP contribution is 2.54. The molecular formula is C13H13NO5. The van der Waals surface area contributed by atoms with E-state index in [9.17, 15) is 9.59 Å². The van der Waals surface area contributed by atoms with Gasteiger partial charge in [-0.25, -0.2) is 9.59 Å². The van der Waals surface area contributed by atoms with Gasteiger partial charge >= 0.3 is 5.97 Å². The third-order valence-corrected chi connectivity index (χ3v) is 3.21. The third kappa shape index (κ3) is 2.18. The quantitative estimate of drug-likeness (QED) is 0.645. The summed E-state index contributed by atoms with van der Waals surface area (Å²) in [5.41, 5.74) is -0.0960. The lowest BCUT2D eigenvalue weighted by molar-refractivity contribution is 0.0696. The van der Waals surface area contributed by atoms with E-state index in [1.165, 1.54) is 32.4 Å². The monoisotopic (exact) mass is 263 g/mol. The smallest absolute Gasteiger partial charge is 0.335 e. The first-order valence-electron chi connectivity index (χ1n) is 5.67. The average molecular weight is 263 g/mol. The Kier molecular flexibility index (Phi) is 3.27. The van der Waals surface area contributed by atoms with E-state index >= 15 is 0 Å². The number of carbonyl (C=O) groups is 1. The van der Waals surface area contributed by atoms with Crippen molar-refractivity contribution in [1.29, 1.82) is 0 Å². The molecule has 0 atom stereocenters. The van der Waals surface area contributed by atoms with Crippen LogP contribution in [0.1, 0.15) is 28.8 Å². The van der Waals surface area contributed by atoms with E-state index in [0.717, 1.165) is 0 Å². The molecule has 2 rings (SSSR count). The minimum absolute atomic E-state index is 0.0695. The van der Waals surface area contributed by atoms with Gasteiger partial charge in [0.25, 0.3) is 0 Å². The van der Waals surface area contributed by atoms with Crippen LogP contribution in [0, 0.1) is 0 Å². The minimum Gasteiger partial charge on any atom is -0.493 e. The molecule has 1 aromatic rings. The molecule has 1 saturated carbocycles. The maximum absolute atomic E-state index is 11.1. The second-order valence-electron chi connectivity index (χ2n) is 4.30. The first-order chi connectivity index (χ1) is 9.07. The van der Waals surface area contributed by atoms with Gasteiger partial charge in [-0.3, -0.25) is 0 Å². The van der Waals surface area contributed by atoms with E-state index in [2.05, 4.69) is 4.99 Å². The van der Waals surface area contributed by atoms with Crippen molar-refractivity contribution in [3.8, 4) is 11.5 Å². The van der Waals surface area contributed by atoms with Gasteiger partial charge in [0.2, 0.25) is 6.08 Å². The number of carboxylic acid groups (broad SMARTS) is 1. The second kappa shape index (κ2) is 4.74. The first-order valence-corrected chi connectivity index (χ1v) is 5.67. The number of hydrogen-bond donors (Lipinski definition) is 1. The number of isocyanates is 1. The van der Waals surface area contributed by atoms with Crippen LogP contribution in [0.2, 0.25) is 0 Å². The maximum atomic E-state index is 11.1. The Balaban J connectivity index is 2.66. The Hall–Kier alpha value is -2.33. The van der Waals surface area contributed by atoms with Crippen molar-refractivity contribution in [2.24, 2.45) is 4.99 Å². The first kappa shape index (κ1) is 13.1. The Bertz CT molecular complexity index is 571. The third-order valence-electron chi connectivity index (χ3n) is 3.21. The molecule has 0 bridgehead atoms. The van der Waals surface area contributed by atoms with Crippen molar-refractivity contribution in [3.63, 3.8) is 0 Å². The van der Waals surface area contributed by atoms with Crippen LogP contribution in [-0.2, 0) is 10.3 Å². The summed E-state index contributed by atoms with van der Waals surface area (Å²) in [6.45, 7) is 0. The van der Waals surface area contributed by atoms with Crippen molar-refractivity contribution in [3.05, 3.63) is 23.3 Å². The fourth-order valence-electron chi connectivity index (χ4n) is 2.08. The normalized spacial score (nSPS) is 15.3. The molecule has 6 heteroatoms. The van der Waals surface area contributed by atoms with Crippen molar-refractivity contribution in [1.82, 2.24) is 0 Å².